The summed E-state index contributed by atoms with van der Waals surface area (Å²) < 4.78 is 19.0. The van der Waals surface area contributed by atoms with E-state index < -0.39 is 0 Å². The van der Waals surface area contributed by atoms with Crippen molar-refractivity contribution in [3.05, 3.63) is 89.9 Å². The zero-order chi connectivity index (χ0) is 22.3. The van der Waals surface area contributed by atoms with Gasteiger partial charge in [-0.1, -0.05) is 18.2 Å². The predicted molar refractivity (Wildman–Crippen MR) is 119 cm³/mol. The lowest BCUT2D eigenvalue weighted by atomic mass is 10.1. The van der Waals surface area contributed by atoms with Crippen LogP contribution in [0.1, 0.15) is 23.6 Å². The molecule has 2 heterocycles. The summed E-state index contributed by atoms with van der Waals surface area (Å²) in [7, 11) is 0. The predicted octanol–water partition coefficient (Wildman–Crippen LogP) is 4.04. The first kappa shape index (κ1) is 21.0. The van der Waals surface area contributed by atoms with Gasteiger partial charge in [0.05, 0.1) is 17.3 Å². The molecule has 0 radical (unpaired) electrons. The molecule has 4 aromatic rings. The van der Waals surface area contributed by atoms with E-state index in [-0.39, 0.29) is 30.6 Å². The molecule has 0 aliphatic carbocycles. The van der Waals surface area contributed by atoms with Gasteiger partial charge in [0.2, 0.25) is 11.8 Å². The van der Waals surface area contributed by atoms with E-state index in [1.165, 1.54) is 18.4 Å². The lowest BCUT2D eigenvalue weighted by Crippen LogP contribution is -2.26. The van der Waals surface area contributed by atoms with Gasteiger partial charge in [-0.3, -0.25) is 9.59 Å². The molecule has 8 heteroatoms. The number of halogens is 1. The minimum absolute atomic E-state index is 0.125. The fraction of sp³-hybridized carbons (Fsp3) is 0.125. The quantitative estimate of drug-likeness (QED) is 0.366. The number of hydrogen-bond acceptors (Lipinski definition) is 4. The summed E-state index contributed by atoms with van der Waals surface area (Å²) in [5.41, 5.74) is 2.63. The molecule has 0 bridgehead atoms. The number of carbonyl (C=O) groups is 2. The van der Waals surface area contributed by atoms with Crippen molar-refractivity contribution in [3.63, 3.8) is 0 Å². The van der Waals surface area contributed by atoms with Gasteiger partial charge >= 0.3 is 0 Å². The van der Waals surface area contributed by atoms with Crippen LogP contribution in [0.4, 0.5) is 10.1 Å². The molecular formula is C24H21FN4O3. The number of nitrogens with one attached hydrogen (secondary N) is 3. The number of rotatable bonds is 8. The van der Waals surface area contributed by atoms with Crippen LogP contribution in [0.2, 0.25) is 0 Å². The fourth-order valence-corrected chi connectivity index (χ4v) is 3.17. The highest BCUT2D eigenvalue weighted by Crippen LogP contribution is 2.19. The van der Waals surface area contributed by atoms with Crippen LogP contribution in [0.3, 0.4) is 0 Å². The second-order valence-electron chi connectivity index (χ2n) is 7.12. The smallest absolute Gasteiger partial charge is 0.244 e. The molecule has 32 heavy (non-hydrogen) atoms. The molecule has 0 atom stereocenters. The maximum absolute atomic E-state index is 13.9. The SMILES string of the molecule is O=C(C=Cc1ccco1)NCCC(=O)Nc1ccc2nc(Cc3ccccc3F)[nH]c2c1. The van der Waals surface area contributed by atoms with Crippen LogP contribution < -0.4 is 10.6 Å². The molecule has 7 nitrogen and oxygen atoms in total. The second-order valence-corrected chi connectivity index (χ2v) is 7.12. The van der Waals surface area contributed by atoms with Gasteiger partial charge in [-0.25, -0.2) is 9.37 Å². The maximum Gasteiger partial charge on any atom is 0.244 e. The summed E-state index contributed by atoms with van der Waals surface area (Å²) in [6, 6.07) is 15.3. The number of carbonyl (C=O) groups excluding carboxylic acids is 2. The molecule has 0 unspecified atom stereocenters. The van der Waals surface area contributed by atoms with Crippen molar-refractivity contribution >= 4 is 34.6 Å². The molecule has 0 spiro atoms. The van der Waals surface area contributed by atoms with E-state index in [9.17, 15) is 14.0 Å². The molecule has 0 aliphatic heterocycles. The minimum atomic E-state index is -0.310. The Balaban J connectivity index is 1.29. The van der Waals surface area contributed by atoms with Crippen LogP contribution in [0.25, 0.3) is 17.1 Å². The molecule has 2 aromatic carbocycles. The first-order chi connectivity index (χ1) is 15.6. The Morgan fingerprint density at radius 2 is 2.00 bits per heavy atom. The molecule has 2 amide bonds. The third-order valence-corrected chi connectivity index (χ3v) is 4.72. The van der Waals surface area contributed by atoms with E-state index in [0.29, 0.717) is 29.3 Å². The van der Waals surface area contributed by atoms with Crippen LogP contribution in [-0.2, 0) is 16.0 Å². The van der Waals surface area contributed by atoms with Crippen molar-refractivity contribution in [3.8, 4) is 0 Å². The normalized spacial score (nSPS) is 11.2. The van der Waals surface area contributed by atoms with E-state index in [2.05, 4.69) is 20.6 Å². The van der Waals surface area contributed by atoms with Crippen molar-refractivity contribution in [2.24, 2.45) is 0 Å². The summed E-state index contributed by atoms with van der Waals surface area (Å²) in [6.07, 6.45) is 4.89. The topological polar surface area (TPSA) is 100 Å². The molecule has 0 fully saturated rings. The van der Waals surface area contributed by atoms with Gasteiger partial charge in [0.1, 0.15) is 17.4 Å². The highest BCUT2D eigenvalue weighted by Gasteiger charge is 2.09. The van der Waals surface area contributed by atoms with Gasteiger partial charge in [0, 0.05) is 31.1 Å². The van der Waals surface area contributed by atoms with Crippen LogP contribution >= 0.6 is 0 Å². The van der Waals surface area contributed by atoms with Crippen LogP contribution in [0.5, 0.6) is 0 Å². The summed E-state index contributed by atoms with van der Waals surface area (Å²) in [5, 5.41) is 5.45. The van der Waals surface area contributed by atoms with Gasteiger partial charge in [0.25, 0.3) is 0 Å². The lowest BCUT2D eigenvalue weighted by Gasteiger charge is -2.05. The maximum atomic E-state index is 13.9. The highest BCUT2D eigenvalue weighted by molar-refractivity contribution is 5.94. The Bertz CT molecular complexity index is 1260. The Hall–Kier alpha value is -4.20. The van der Waals surface area contributed by atoms with Gasteiger partial charge < -0.3 is 20.0 Å². The molecule has 162 valence electrons. The monoisotopic (exact) mass is 432 g/mol. The van der Waals surface area contributed by atoms with Gasteiger partial charge in [0.15, 0.2) is 0 Å². The van der Waals surface area contributed by atoms with Crippen LogP contribution in [0.15, 0.2) is 71.4 Å². The number of hydrogen-bond donors (Lipinski definition) is 3. The number of furan rings is 1. The van der Waals surface area contributed by atoms with Crippen molar-refractivity contribution < 1.29 is 18.4 Å². The molecule has 0 aliphatic rings. The van der Waals surface area contributed by atoms with E-state index in [0.717, 1.165) is 11.0 Å². The largest absolute Gasteiger partial charge is 0.465 e. The minimum Gasteiger partial charge on any atom is -0.465 e. The van der Waals surface area contributed by atoms with Gasteiger partial charge in [-0.2, -0.15) is 0 Å². The molecular weight excluding hydrogens is 411 g/mol. The number of amides is 2. The summed E-state index contributed by atoms with van der Waals surface area (Å²) in [5.74, 6) is 0.397. The molecule has 4 rings (SSSR count). The highest BCUT2D eigenvalue weighted by atomic mass is 19.1. The molecule has 0 saturated heterocycles. The zero-order valence-electron chi connectivity index (χ0n) is 17.1. The number of nitrogens with zero attached hydrogens (tertiary/aromatic N) is 1. The van der Waals surface area contributed by atoms with Crippen LogP contribution in [-0.4, -0.2) is 28.3 Å². The van der Waals surface area contributed by atoms with Crippen molar-refractivity contribution in [2.75, 3.05) is 11.9 Å². The average molecular weight is 432 g/mol. The Kier molecular flexibility index (Phi) is 6.41. The second kappa shape index (κ2) is 9.74. The number of aromatic amines is 1. The summed E-state index contributed by atoms with van der Waals surface area (Å²) in [4.78, 5) is 31.6. The first-order valence-electron chi connectivity index (χ1n) is 10.1. The molecule has 2 aromatic heterocycles. The van der Waals surface area contributed by atoms with Crippen LogP contribution in [0, 0.1) is 5.82 Å². The van der Waals surface area contributed by atoms with Gasteiger partial charge in [-0.15, -0.1) is 0 Å². The average Bonchev–Trinajstić information content (AvgIpc) is 3.43. The third-order valence-electron chi connectivity index (χ3n) is 4.72. The summed E-state index contributed by atoms with van der Waals surface area (Å²) >= 11 is 0. The number of aromatic nitrogens is 2. The number of anilines is 1. The lowest BCUT2D eigenvalue weighted by molar-refractivity contribution is -0.117. The van der Waals surface area contributed by atoms with E-state index in [4.69, 9.17) is 4.42 Å². The summed E-state index contributed by atoms with van der Waals surface area (Å²) in [6.45, 7) is 0.201. The molecule has 3 N–H and O–H groups in total. The van der Waals surface area contributed by atoms with Gasteiger partial charge in [-0.05, 0) is 48.0 Å². The molecule has 0 saturated carbocycles. The Labute approximate surface area is 183 Å². The van der Waals surface area contributed by atoms with Crippen molar-refractivity contribution in [2.45, 2.75) is 12.8 Å². The van der Waals surface area contributed by atoms with E-state index >= 15 is 0 Å². The van der Waals surface area contributed by atoms with Crippen molar-refractivity contribution in [1.82, 2.24) is 15.3 Å². The number of fused-ring (bicyclic) bond motifs is 1. The number of H-pyrrole nitrogens is 1. The fourth-order valence-electron chi connectivity index (χ4n) is 3.17. The van der Waals surface area contributed by atoms with E-state index in [1.54, 1.807) is 54.6 Å². The van der Waals surface area contributed by atoms with Crippen molar-refractivity contribution in [1.29, 1.82) is 0 Å². The van der Waals surface area contributed by atoms with E-state index in [1.807, 2.05) is 0 Å². The Morgan fingerprint density at radius 1 is 1.12 bits per heavy atom. The number of imidazole rings is 1. The standard InChI is InChI=1S/C24H21FN4O3/c25-19-6-2-1-4-16(19)14-22-28-20-9-7-17(15-21(20)29-22)27-24(31)11-12-26-23(30)10-8-18-5-3-13-32-18/h1-10,13,15H,11-12,14H2,(H,26,30)(H,27,31)(H,28,29). The Morgan fingerprint density at radius 3 is 2.81 bits per heavy atom. The first-order valence-corrected chi connectivity index (χ1v) is 10.1. The zero-order valence-corrected chi connectivity index (χ0v) is 17.1. The third kappa shape index (κ3) is 5.48. The number of benzene rings is 2.